The van der Waals surface area contributed by atoms with Crippen molar-refractivity contribution in [3.8, 4) is 34.1 Å². The molecule has 2 aliphatic rings. The van der Waals surface area contributed by atoms with Crippen LogP contribution in [0.1, 0.15) is 0 Å². The summed E-state index contributed by atoms with van der Waals surface area (Å²) in [5.74, 6) is 2.12. The molecule has 0 amide bonds. The fourth-order valence-electron chi connectivity index (χ4n) is 5.09. The number of rotatable bonds is 4. The molecule has 4 aromatic carbocycles. The van der Waals surface area contributed by atoms with Crippen molar-refractivity contribution in [1.82, 2.24) is 0 Å². The van der Waals surface area contributed by atoms with E-state index in [4.69, 9.17) is 18.9 Å². The Morgan fingerprint density at radius 2 is 0.844 bits per heavy atom. The Kier molecular flexibility index (Phi) is 3.64. The maximum absolute atomic E-state index is 13.7. The summed E-state index contributed by atoms with van der Waals surface area (Å²) in [5.41, 5.74) is 1.21. The topological polar surface area (TPSA) is 71.1 Å². The standard InChI is InChI=1S/C26H18O6/c1-29-11-5-13-19(31-3)9-18-23-21(13)15(7-11)25(27)17-10-20(32-4)14-6-12(30-2)8-16(26(18)28)22(14)24(17)23/h5-10H,1-4H3. The van der Waals surface area contributed by atoms with Gasteiger partial charge in [0.2, 0.25) is 0 Å². The van der Waals surface area contributed by atoms with Crippen molar-refractivity contribution in [2.24, 2.45) is 0 Å². The second-order valence-corrected chi connectivity index (χ2v) is 7.86. The van der Waals surface area contributed by atoms with Crippen LogP contribution in [0.25, 0.3) is 54.2 Å². The third-order valence-corrected chi connectivity index (χ3v) is 6.48. The van der Waals surface area contributed by atoms with Gasteiger partial charge in [0, 0.05) is 54.2 Å². The molecule has 0 fully saturated rings. The summed E-state index contributed by atoms with van der Waals surface area (Å²) >= 11 is 0. The molecule has 158 valence electrons. The molecule has 4 aromatic rings. The number of hydrogen-bond donors (Lipinski definition) is 0. The molecule has 0 N–H and O–H groups in total. The lowest BCUT2D eigenvalue weighted by Gasteiger charge is -2.23. The minimum Gasteiger partial charge on any atom is -0.497 e. The lowest BCUT2D eigenvalue weighted by atomic mass is 9.80. The van der Waals surface area contributed by atoms with Crippen LogP contribution in [0.3, 0.4) is 0 Å². The lowest BCUT2D eigenvalue weighted by molar-refractivity contribution is 0.412. The first-order valence-electron chi connectivity index (χ1n) is 10.1. The van der Waals surface area contributed by atoms with Gasteiger partial charge in [-0.05, 0) is 36.4 Å². The smallest absolute Gasteiger partial charge is 0.194 e. The highest BCUT2D eigenvalue weighted by molar-refractivity contribution is 6.30. The highest BCUT2D eigenvalue weighted by atomic mass is 16.5. The monoisotopic (exact) mass is 426 g/mol. The van der Waals surface area contributed by atoms with Crippen molar-refractivity contribution in [3.63, 3.8) is 0 Å². The fourth-order valence-corrected chi connectivity index (χ4v) is 5.09. The van der Waals surface area contributed by atoms with Gasteiger partial charge in [0.05, 0.1) is 28.4 Å². The zero-order valence-corrected chi connectivity index (χ0v) is 17.9. The normalized spacial score (nSPS) is 12.0. The number of hydrogen-bond acceptors (Lipinski definition) is 6. The minimum atomic E-state index is -0.146. The first kappa shape index (κ1) is 18.7. The number of ether oxygens (including phenoxy) is 4. The van der Waals surface area contributed by atoms with Crippen LogP contribution in [0, 0.1) is 0 Å². The molecule has 6 nitrogen and oxygen atoms in total. The van der Waals surface area contributed by atoms with Crippen molar-refractivity contribution in [2.75, 3.05) is 28.4 Å². The Labute approximate surface area is 181 Å². The second kappa shape index (κ2) is 6.23. The van der Waals surface area contributed by atoms with Gasteiger partial charge in [0.25, 0.3) is 0 Å². The summed E-state index contributed by atoms with van der Waals surface area (Å²) in [6.07, 6.45) is 0. The zero-order chi connectivity index (χ0) is 22.3. The average Bonchev–Trinajstić information content (AvgIpc) is 2.83. The van der Waals surface area contributed by atoms with E-state index in [1.165, 1.54) is 0 Å². The van der Waals surface area contributed by atoms with Crippen LogP contribution >= 0.6 is 0 Å². The largest absolute Gasteiger partial charge is 0.497 e. The molecule has 0 radical (unpaired) electrons. The third-order valence-electron chi connectivity index (χ3n) is 6.48. The van der Waals surface area contributed by atoms with E-state index >= 15 is 0 Å². The SMILES string of the molecule is COc1cc2c(OC)cc3c4c2c(c1)c(=O)c1cc(OC)c2cc(OC)cc(c3=O)c2c1-4. The summed E-state index contributed by atoms with van der Waals surface area (Å²) in [4.78, 5) is 27.5. The molecule has 32 heavy (non-hydrogen) atoms. The second-order valence-electron chi connectivity index (χ2n) is 7.86. The van der Waals surface area contributed by atoms with Gasteiger partial charge in [-0.2, -0.15) is 0 Å². The molecule has 0 atom stereocenters. The third kappa shape index (κ3) is 2.09. The quantitative estimate of drug-likeness (QED) is 0.306. The maximum atomic E-state index is 13.7. The van der Waals surface area contributed by atoms with Gasteiger partial charge in [-0.15, -0.1) is 0 Å². The molecule has 0 aromatic heterocycles. The van der Waals surface area contributed by atoms with E-state index < -0.39 is 0 Å². The molecule has 0 unspecified atom stereocenters. The molecule has 6 heteroatoms. The first-order valence-corrected chi connectivity index (χ1v) is 10.1. The highest BCUT2D eigenvalue weighted by Crippen LogP contribution is 2.50. The van der Waals surface area contributed by atoms with Gasteiger partial charge in [-0.3, -0.25) is 9.59 Å². The summed E-state index contributed by atoms with van der Waals surface area (Å²) in [7, 11) is 6.21. The van der Waals surface area contributed by atoms with E-state index in [0.29, 0.717) is 55.3 Å². The van der Waals surface area contributed by atoms with Crippen LogP contribution in [0.2, 0.25) is 0 Å². The molecular weight excluding hydrogens is 408 g/mol. The Hall–Kier alpha value is -4.06. The van der Waals surface area contributed by atoms with Crippen LogP contribution in [0.15, 0.2) is 46.0 Å². The predicted molar refractivity (Wildman–Crippen MR) is 125 cm³/mol. The molecule has 0 heterocycles. The zero-order valence-electron chi connectivity index (χ0n) is 17.9. The molecule has 0 aliphatic heterocycles. The lowest BCUT2D eigenvalue weighted by Crippen LogP contribution is -2.14. The molecule has 0 spiro atoms. The van der Waals surface area contributed by atoms with Crippen LogP contribution in [-0.2, 0) is 0 Å². The van der Waals surface area contributed by atoms with Crippen molar-refractivity contribution in [2.45, 2.75) is 0 Å². The Balaban J connectivity index is 2.05. The van der Waals surface area contributed by atoms with E-state index in [1.807, 2.05) is 12.1 Å². The molecule has 0 saturated carbocycles. The maximum Gasteiger partial charge on any atom is 0.194 e. The first-order chi connectivity index (χ1) is 15.5. The van der Waals surface area contributed by atoms with Gasteiger partial charge in [-0.25, -0.2) is 0 Å². The molecule has 0 bridgehead atoms. The van der Waals surface area contributed by atoms with Crippen LogP contribution in [0.4, 0.5) is 0 Å². The van der Waals surface area contributed by atoms with Crippen LogP contribution < -0.4 is 29.8 Å². The summed E-state index contributed by atoms with van der Waals surface area (Å²) in [6.45, 7) is 0. The Bertz CT molecular complexity index is 1620. The molecule has 0 saturated heterocycles. The van der Waals surface area contributed by atoms with Gasteiger partial charge in [0.15, 0.2) is 10.9 Å². The van der Waals surface area contributed by atoms with E-state index in [0.717, 1.165) is 21.9 Å². The van der Waals surface area contributed by atoms with Crippen molar-refractivity contribution in [1.29, 1.82) is 0 Å². The Morgan fingerprint density at radius 1 is 0.469 bits per heavy atom. The average molecular weight is 426 g/mol. The number of benzene rings is 6. The number of methoxy groups -OCH3 is 4. The van der Waals surface area contributed by atoms with Crippen molar-refractivity contribution >= 4 is 43.1 Å². The van der Waals surface area contributed by atoms with Crippen molar-refractivity contribution in [3.05, 3.63) is 56.8 Å². The van der Waals surface area contributed by atoms with Gasteiger partial charge in [-0.1, -0.05) is 0 Å². The van der Waals surface area contributed by atoms with Gasteiger partial charge in [0.1, 0.15) is 23.0 Å². The Morgan fingerprint density at radius 3 is 1.19 bits per heavy atom. The highest BCUT2D eigenvalue weighted by Gasteiger charge is 2.29. The predicted octanol–water partition coefficient (Wildman–Crippen LogP) is 4.47. The van der Waals surface area contributed by atoms with Crippen LogP contribution in [0.5, 0.6) is 23.0 Å². The van der Waals surface area contributed by atoms with E-state index in [-0.39, 0.29) is 10.9 Å². The van der Waals surface area contributed by atoms with Crippen molar-refractivity contribution < 1.29 is 18.9 Å². The van der Waals surface area contributed by atoms with Crippen LogP contribution in [-0.4, -0.2) is 28.4 Å². The molecule has 6 rings (SSSR count). The van der Waals surface area contributed by atoms with E-state index in [9.17, 15) is 9.59 Å². The van der Waals surface area contributed by atoms with Gasteiger partial charge < -0.3 is 18.9 Å². The van der Waals surface area contributed by atoms with E-state index in [2.05, 4.69) is 0 Å². The summed E-state index contributed by atoms with van der Waals surface area (Å²) in [6, 6.07) is 10.6. The van der Waals surface area contributed by atoms with Gasteiger partial charge >= 0.3 is 0 Å². The molecular formula is C26H18O6. The minimum absolute atomic E-state index is 0.146. The van der Waals surface area contributed by atoms with E-state index in [1.54, 1.807) is 52.7 Å². The summed E-state index contributed by atoms with van der Waals surface area (Å²) in [5, 5.41) is 4.84. The summed E-state index contributed by atoms with van der Waals surface area (Å²) < 4.78 is 22.2. The fraction of sp³-hybridized carbons (Fsp3) is 0.154. The molecule has 2 aliphatic carbocycles.